The van der Waals surface area contributed by atoms with Crippen molar-refractivity contribution in [1.29, 1.82) is 0 Å². The minimum atomic E-state index is -1.75. The minimum absolute atomic E-state index is 0.0152. The van der Waals surface area contributed by atoms with Crippen LogP contribution in [-0.2, 0) is 23.8 Å². The third-order valence-corrected chi connectivity index (χ3v) is 16.4. The molecule has 4 aliphatic carbocycles. The molecule has 9 aliphatic rings. The van der Waals surface area contributed by atoms with E-state index < -0.39 is 76.0 Å². The van der Waals surface area contributed by atoms with Crippen LogP contribution in [0.15, 0.2) is 11.6 Å². The van der Waals surface area contributed by atoms with E-state index in [2.05, 4.69) is 29.4 Å². The van der Waals surface area contributed by atoms with Gasteiger partial charge in [0.05, 0.1) is 47.0 Å². The van der Waals surface area contributed by atoms with Crippen molar-refractivity contribution in [3.63, 3.8) is 0 Å². The summed E-state index contributed by atoms with van der Waals surface area (Å²) in [6, 6.07) is -0.744. The molecule has 17 atom stereocenters. The quantitative estimate of drug-likeness (QED) is 0.100. The predicted molar refractivity (Wildman–Crippen MR) is 204 cm³/mol. The van der Waals surface area contributed by atoms with Crippen LogP contribution < -0.4 is 10.6 Å². The number of rotatable bonds is 9. The number of amides is 1. The fraction of sp³-hybridized carbons (Fsp3) is 0.860. The first-order valence-corrected chi connectivity index (χ1v) is 21.3. The van der Waals surface area contributed by atoms with E-state index in [9.17, 15) is 35.1 Å². The molecule has 9 rings (SSSR count). The Hall–Kier alpha value is -1.96. The molecule has 1 spiro atoms. The number of aliphatic hydroxyl groups is 5. The number of aliphatic hydroxyl groups excluding tert-OH is 3. The summed E-state index contributed by atoms with van der Waals surface area (Å²) < 4.78 is 18.0. The summed E-state index contributed by atoms with van der Waals surface area (Å²) in [5.74, 6) is 5.50. The zero-order valence-corrected chi connectivity index (χ0v) is 33.8. The molecule has 5 heterocycles. The van der Waals surface area contributed by atoms with Crippen molar-refractivity contribution in [3.8, 4) is 11.8 Å². The van der Waals surface area contributed by atoms with E-state index in [0.717, 1.165) is 12.8 Å². The second-order valence-corrected chi connectivity index (χ2v) is 19.4. The maximum absolute atomic E-state index is 14.4. The molecule has 0 aromatic carbocycles. The van der Waals surface area contributed by atoms with Gasteiger partial charge in [-0.25, -0.2) is 0 Å². The predicted octanol–water partition coefficient (Wildman–Crippen LogP) is 1.03. The van der Waals surface area contributed by atoms with Crippen molar-refractivity contribution in [2.75, 3.05) is 40.0 Å². The average molecular weight is 784 g/mol. The molecule has 7 bridgehead atoms. The highest BCUT2D eigenvalue weighted by Gasteiger charge is 2.74. The number of methoxy groups -OCH3 is 1. The SMILES string of the molecule is COCCCO[C@H]1CC[C@@]2(C)[C@@H](C1)C(=O)C=C1[C@]3(O)CC[C@@H]4[C@](C)(O)[C@H](O)[C@H]5O[C@H]6[C@H](C[C@H](N[C@H]6O)C(=O)N6C[C@@H]6CC#C[C@]12CC[C@]43C)[C@H]5CNC[C@H](C)O. The molecule has 13 nitrogen and oxygen atoms in total. The summed E-state index contributed by atoms with van der Waals surface area (Å²) in [6.45, 7) is 9.87. The number of hydrogen-bond donors (Lipinski definition) is 7. The maximum Gasteiger partial charge on any atom is 0.240 e. The molecular weight excluding hydrogens is 718 g/mol. The van der Waals surface area contributed by atoms with Crippen molar-refractivity contribution >= 4 is 11.7 Å². The van der Waals surface area contributed by atoms with E-state index in [1.165, 1.54) is 0 Å². The van der Waals surface area contributed by atoms with Crippen LogP contribution in [0.2, 0.25) is 0 Å². The topological polar surface area (TPSA) is 190 Å². The minimum Gasteiger partial charge on any atom is -0.392 e. The van der Waals surface area contributed by atoms with Gasteiger partial charge in [-0.15, -0.1) is 5.92 Å². The molecule has 13 heteroatoms. The van der Waals surface area contributed by atoms with Crippen molar-refractivity contribution in [3.05, 3.63) is 11.6 Å². The van der Waals surface area contributed by atoms with Crippen molar-refractivity contribution in [2.24, 2.45) is 39.9 Å². The number of hydrogen-bond acceptors (Lipinski definition) is 12. The van der Waals surface area contributed by atoms with Crippen LogP contribution in [0.25, 0.3) is 0 Å². The van der Waals surface area contributed by atoms with E-state index in [1.54, 1.807) is 31.9 Å². The molecule has 5 aliphatic heterocycles. The normalized spacial score (nSPS) is 49.9. The number of carbonyl (C=O) groups excluding carboxylic acids is 2. The molecule has 0 radical (unpaired) electrons. The molecule has 0 aromatic rings. The highest BCUT2D eigenvalue weighted by molar-refractivity contribution is 5.95. The van der Waals surface area contributed by atoms with E-state index in [4.69, 9.17) is 14.2 Å². The lowest BCUT2D eigenvalue weighted by atomic mass is 9.39. The van der Waals surface area contributed by atoms with Crippen molar-refractivity contribution in [1.82, 2.24) is 15.5 Å². The smallest absolute Gasteiger partial charge is 0.240 e. The Morgan fingerprint density at radius 3 is 2.59 bits per heavy atom. The van der Waals surface area contributed by atoms with Crippen LogP contribution in [0.3, 0.4) is 0 Å². The number of allylic oxidation sites excluding steroid dienone is 1. The van der Waals surface area contributed by atoms with Crippen molar-refractivity contribution in [2.45, 2.75) is 152 Å². The molecule has 0 unspecified atom stereocenters. The van der Waals surface area contributed by atoms with E-state index in [1.807, 2.05) is 6.92 Å². The number of ether oxygens (including phenoxy) is 3. The van der Waals surface area contributed by atoms with Gasteiger partial charge in [0.25, 0.3) is 0 Å². The van der Waals surface area contributed by atoms with Gasteiger partial charge in [-0.1, -0.05) is 19.8 Å². The Bertz CT molecular complexity index is 1640. The molecule has 3 saturated carbocycles. The lowest BCUT2D eigenvalue weighted by Gasteiger charge is -2.64. The number of nitrogens with one attached hydrogen (secondary N) is 2. The van der Waals surface area contributed by atoms with Gasteiger partial charge >= 0.3 is 0 Å². The first-order chi connectivity index (χ1) is 26.5. The Labute approximate surface area is 331 Å². The van der Waals surface area contributed by atoms with Gasteiger partial charge < -0.3 is 50.0 Å². The van der Waals surface area contributed by atoms with Gasteiger partial charge in [0.2, 0.25) is 5.91 Å². The van der Waals surface area contributed by atoms with E-state index in [-0.39, 0.29) is 35.7 Å². The summed E-state index contributed by atoms with van der Waals surface area (Å²) in [4.78, 5) is 30.3. The van der Waals surface area contributed by atoms with Gasteiger partial charge in [0.15, 0.2) is 5.78 Å². The molecule has 1 amide bonds. The fourth-order valence-corrected chi connectivity index (χ4v) is 13.1. The largest absolute Gasteiger partial charge is 0.392 e. The summed E-state index contributed by atoms with van der Waals surface area (Å²) in [6.07, 6.45) is 2.28. The highest BCUT2D eigenvalue weighted by atomic mass is 16.5. The van der Waals surface area contributed by atoms with Gasteiger partial charge in [0, 0.05) is 63.6 Å². The molecule has 0 aromatic heterocycles. The van der Waals surface area contributed by atoms with Gasteiger partial charge in [-0.2, -0.15) is 0 Å². The van der Waals surface area contributed by atoms with E-state index in [0.29, 0.717) is 89.8 Å². The average Bonchev–Trinajstić information content (AvgIpc) is 3.74. The lowest BCUT2D eigenvalue weighted by Crippen LogP contribution is -2.66. The summed E-state index contributed by atoms with van der Waals surface area (Å²) in [5, 5.41) is 66.3. The fourth-order valence-electron chi connectivity index (χ4n) is 13.1. The second-order valence-electron chi connectivity index (χ2n) is 19.4. The number of ketones is 1. The number of piperidine rings is 1. The molecule has 312 valence electrons. The molecular formula is C43H65N3O10. The van der Waals surface area contributed by atoms with Gasteiger partial charge in [-0.05, 0) is 101 Å². The number of carbonyl (C=O) groups is 2. The maximum atomic E-state index is 14.4. The van der Waals surface area contributed by atoms with Crippen LogP contribution in [0.1, 0.15) is 91.9 Å². The molecule has 56 heavy (non-hydrogen) atoms. The Morgan fingerprint density at radius 2 is 1.84 bits per heavy atom. The summed E-state index contributed by atoms with van der Waals surface area (Å²) >= 11 is 0. The van der Waals surface area contributed by atoms with Crippen LogP contribution in [-0.4, -0.2) is 142 Å². The summed E-state index contributed by atoms with van der Waals surface area (Å²) in [5.41, 5.74) is -4.89. The molecule has 3 saturated heterocycles. The number of nitrogens with zero attached hydrogens (tertiary/aromatic N) is 1. The molecule has 7 N–H and O–H groups in total. The van der Waals surface area contributed by atoms with Crippen LogP contribution in [0.5, 0.6) is 0 Å². The second kappa shape index (κ2) is 14.6. The third-order valence-electron chi connectivity index (χ3n) is 16.4. The van der Waals surface area contributed by atoms with Gasteiger partial charge in [-0.3, -0.25) is 14.9 Å². The van der Waals surface area contributed by atoms with Crippen LogP contribution in [0.4, 0.5) is 0 Å². The standard InChI is InChI=1S/C43H65N3O10/c1-24(47)21-44-22-28-27-19-30-38(51)46-23-25(46)8-6-11-42-15-14-40(3)32(41(4,52)36(49)34(28)56-35(27)37(50)45-30)10-13-43(40,53)33(42)20-31(48)29-18-26(9-12-39(29,42)2)55-17-7-16-54-5/h20,24-30,32,34-37,44-45,47,49-50,52-53H,7-10,12-19,21-23H2,1-5H3/t24-,25-,26-,27+,28+,29-,30-,32-,34-,35-,36+,37-,39-,40+,41-,42-,43+,46?/m0/s1. The Balaban J connectivity index is 1.19. The molecule has 6 fully saturated rings. The lowest BCUT2D eigenvalue weighted by molar-refractivity contribution is -0.205. The van der Waals surface area contributed by atoms with Crippen molar-refractivity contribution < 1.29 is 49.3 Å². The zero-order valence-electron chi connectivity index (χ0n) is 33.8. The Kier molecular flexibility index (Phi) is 10.7. The van der Waals surface area contributed by atoms with Crippen LogP contribution in [0, 0.1) is 51.8 Å². The first-order valence-electron chi connectivity index (χ1n) is 21.3. The van der Waals surface area contributed by atoms with E-state index >= 15 is 0 Å². The monoisotopic (exact) mass is 783 g/mol. The van der Waals surface area contributed by atoms with Gasteiger partial charge in [0.1, 0.15) is 18.4 Å². The zero-order chi connectivity index (χ0) is 40.0. The summed E-state index contributed by atoms with van der Waals surface area (Å²) in [7, 11) is 1.67. The first kappa shape index (κ1) is 40.8. The third kappa shape index (κ3) is 6.19. The number of fused-ring (bicyclic) bond motifs is 4. The van der Waals surface area contributed by atoms with Crippen LogP contribution >= 0.6 is 0 Å². The Morgan fingerprint density at radius 1 is 1.05 bits per heavy atom. The highest BCUT2D eigenvalue weighted by Crippen LogP contribution is 2.73.